The highest BCUT2D eigenvalue weighted by atomic mass is 16.5. The summed E-state index contributed by atoms with van der Waals surface area (Å²) in [7, 11) is 0. The summed E-state index contributed by atoms with van der Waals surface area (Å²) in [4.78, 5) is 25.2. The van der Waals surface area contributed by atoms with Gasteiger partial charge in [-0.25, -0.2) is 4.79 Å². The molecule has 0 bridgehead atoms. The van der Waals surface area contributed by atoms with Crippen molar-refractivity contribution in [2.45, 2.75) is 13.0 Å². The van der Waals surface area contributed by atoms with Crippen molar-refractivity contribution in [3.63, 3.8) is 0 Å². The lowest BCUT2D eigenvalue weighted by atomic mass is 9.94. The minimum Gasteiger partial charge on any atom is -0.491 e. The lowest BCUT2D eigenvalue weighted by Gasteiger charge is -2.29. The molecule has 4 rings (SSSR count). The Morgan fingerprint density at radius 1 is 1.27 bits per heavy atom. The number of H-pyrrole nitrogens is 1. The zero-order valence-corrected chi connectivity index (χ0v) is 16.2. The minimum atomic E-state index is -0.658. The number of nitrogens with zero attached hydrogens (tertiary/aromatic N) is 1. The number of rotatable bonds is 6. The topological polar surface area (TPSA) is 128 Å². The second kappa shape index (κ2) is 8.26. The highest BCUT2D eigenvalue weighted by molar-refractivity contribution is 6.07. The minimum absolute atomic E-state index is 0.109. The number of benzene rings is 2. The molecule has 0 fully saturated rings. The number of aromatic amines is 1. The fraction of sp³-hybridized carbons (Fsp3) is 0.190. The van der Waals surface area contributed by atoms with Crippen molar-refractivity contribution in [2.24, 2.45) is 0 Å². The molecule has 1 unspecified atom stereocenters. The molecule has 154 valence electrons. The molecule has 2 aromatic carbocycles. The Balaban J connectivity index is 1.63. The predicted molar refractivity (Wildman–Crippen MR) is 111 cm³/mol. The first kappa shape index (κ1) is 19.5. The van der Waals surface area contributed by atoms with Gasteiger partial charge in [-0.05, 0) is 42.8 Å². The molecule has 2 heterocycles. The van der Waals surface area contributed by atoms with Gasteiger partial charge in [-0.1, -0.05) is 12.1 Å². The highest BCUT2D eigenvalue weighted by Crippen LogP contribution is 2.30. The van der Waals surface area contributed by atoms with E-state index in [0.29, 0.717) is 28.3 Å². The SMILES string of the molecule is CC1=C(C(=O)Nc2ccc3[nH]ncc3c2)C(c2cccc(OCCO)c2)NC(=O)N1. The molecule has 1 atom stereocenters. The summed E-state index contributed by atoms with van der Waals surface area (Å²) in [5, 5.41) is 25.0. The second-order valence-electron chi connectivity index (χ2n) is 6.84. The first-order chi connectivity index (χ1) is 14.5. The van der Waals surface area contributed by atoms with Gasteiger partial charge in [0, 0.05) is 16.8 Å². The lowest BCUT2D eigenvalue weighted by Crippen LogP contribution is -2.45. The molecule has 0 radical (unpaired) electrons. The van der Waals surface area contributed by atoms with Crippen LogP contribution >= 0.6 is 0 Å². The molecule has 1 aliphatic heterocycles. The summed E-state index contributed by atoms with van der Waals surface area (Å²) in [5.74, 6) is 0.201. The van der Waals surface area contributed by atoms with Gasteiger partial charge >= 0.3 is 6.03 Å². The van der Waals surface area contributed by atoms with Gasteiger partial charge in [-0.2, -0.15) is 5.10 Å². The molecular weight excluding hydrogens is 386 g/mol. The van der Waals surface area contributed by atoms with Crippen LogP contribution in [0.5, 0.6) is 5.75 Å². The maximum atomic E-state index is 13.2. The van der Waals surface area contributed by atoms with Crippen LogP contribution < -0.4 is 20.7 Å². The van der Waals surface area contributed by atoms with Gasteiger partial charge in [0.1, 0.15) is 12.4 Å². The molecule has 3 amide bonds. The Kier molecular flexibility index (Phi) is 5.36. The van der Waals surface area contributed by atoms with Crippen molar-refractivity contribution in [3.8, 4) is 5.75 Å². The van der Waals surface area contributed by atoms with E-state index in [-0.39, 0.29) is 19.1 Å². The summed E-state index contributed by atoms with van der Waals surface area (Å²) < 4.78 is 5.46. The molecule has 0 saturated heterocycles. The van der Waals surface area contributed by atoms with Crippen molar-refractivity contribution in [2.75, 3.05) is 18.5 Å². The van der Waals surface area contributed by atoms with Gasteiger partial charge in [-0.3, -0.25) is 9.89 Å². The quantitative estimate of drug-likeness (QED) is 0.428. The number of carbonyl (C=O) groups is 2. The van der Waals surface area contributed by atoms with Crippen molar-refractivity contribution in [3.05, 3.63) is 65.5 Å². The van der Waals surface area contributed by atoms with Gasteiger partial charge in [0.15, 0.2) is 0 Å². The van der Waals surface area contributed by atoms with E-state index in [1.807, 2.05) is 12.1 Å². The number of hydrogen-bond acceptors (Lipinski definition) is 5. The summed E-state index contributed by atoms with van der Waals surface area (Å²) in [6, 6.07) is 11.4. The third-order valence-electron chi connectivity index (χ3n) is 4.76. The first-order valence-corrected chi connectivity index (χ1v) is 9.41. The van der Waals surface area contributed by atoms with Gasteiger partial charge in [0.05, 0.1) is 29.9 Å². The fourth-order valence-corrected chi connectivity index (χ4v) is 3.41. The Morgan fingerprint density at radius 2 is 2.13 bits per heavy atom. The number of anilines is 1. The Hall–Kier alpha value is -3.85. The van der Waals surface area contributed by atoms with E-state index in [1.54, 1.807) is 43.5 Å². The third kappa shape index (κ3) is 3.96. The molecule has 30 heavy (non-hydrogen) atoms. The normalized spacial score (nSPS) is 16.2. The molecule has 9 nitrogen and oxygen atoms in total. The number of fused-ring (bicyclic) bond motifs is 1. The fourth-order valence-electron chi connectivity index (χ4n) is 3.41. The molecule has 0 saturated carbocycles. The number of nitrogens with one attached hydrogen (secondary N) is 4. The Bertz CT molecular complexity index is 1140. The van der Waals surface area contributed by atoms with E-state index < -0.39 is 12.1 Å². The number of aromatic nitrogens is 2. The molecule has 5 N–H and O–H groups in total. The van der Waals surface area contributed by atoms with Crippen LogP contribution in [0, 0.1) is 0 Å². The summed E-state index contributed by atoms with van der Waals surface area (Å²) in [5.41, 5.74) is 3.03. The third-order valence-corrected chi connectivity index (χ3v) is 4.76. The van der Waals surface area contributed by atoms with Gasteiger partial charge in [-0.15, -0.1) is 0 Å². The number of aliphatic hydroxyl groups is 1. The van der Waals surface area contributed by atoms with Crippen LogP contribution in [-0.2, 0) is 4.79 Å². The monoisotopic (exact) mass is 407 g/mol. The molecular formula is C21H21N5O4. The zero-order valence-electron chi connectivity index (χ0n) is 16.2. The average molecular weight is 407 g/mol. The van der Waals surface area contributed by atoms with E-state index >= 15 is 0 Å². The molecule has 3 aromatic rings. The van der Waals surface area contributed by atoms with Gasteiger partial charge in [0.25, 0.3) is 5.91 Å². The van der Waals surface area contributed by atoms with Crippen molar-refractivity contribution in [1.82, 2.24) is 20.8 Å². The molecule has 0 aliphatic carbocycles. The second-order valence-corrected chi connectivity index (χ2v) is 6.84. The number of hydrogen-bond donors (Lipinski definition) is 5. The Morgan fingerprint density at radius 3 is 2.97 bits per heavy atom. The van der Waals surface area contributed by atoms with Crippen molar-refractivity contribution < 1.29 is 19.4 Å². The maximum absolute atomic E-state index is 13.2. The van der Waals surface area contributed by atoms with Gasteiger partial charge in [0.2, 0.25) is 0 Å². The Labute approximate surface area is 172 Å². The average Bonchev–Trinajstić information content (AvgIpc) is 3.19. The van der Waals surface area contributed by atoms with Crippen molar-refractivity contribution >= 4 is 28.5 Å². The number of allylic oxidation sites excluding steroid dienone is 1. The highest BCUT2D eigenvalue weighted by Gasteiger charge is 2.31. The van der Waals surface area contributed by atoms with Gasteiger partial charge < -0.3 is 25.8 Å². The molecule has 9 heteroatoms. The number of amides is 3. The van der Waals surface area contributed by atoms with E-state index in [4.69, 9.17) is 9.84 Å². The van der Waals surface area contributed by atoms with Crippen LogP contribution in [0.4, 0.5) is 10.5 Å². The van der Waals surface area contributed by atoms with Crippen molar-refractivity contribution in [1.29, 1.82) is 0 Å². The maximum Gasteiger partial charge on any atom is 0.319 e. The van der Waals surface area contributed by atoms with Crippen LogP contribution in [0.15, 0.2) is 59.9 Å². The first-order valence-electron chi connectivity index (χ1n) is 9.41. The molecule has 0 spiro atoms. The molecule has 1 aromatic heterocycles. The van der Waals surface area contributed by atoms with Crippen LogP contribution in [0.2, 0.25) is 0 Å². The zero-order chi connectivity index (χ0) is 21.1. The van der Waals surface area contributed by atoms with E-state index in [1.165, 1.54) is 0 Å². The number of carbonyl (C=O) groups excluding carboxylic acids is 2. The van der Waals surface area contributed by atoms with Crippen LogP contribution in [0.25, 0.3) is 10.9 Å². The lowest BCUT2D eigenvalue weighted by molar-refractivity contribution is -0.113. The van der Waals surface area contributed by atoms with Crippen LogP contribution in [-0.4, -0.2) is 40.5 Å². The van der Waals surface area contributed by atoms with E-state index in [2.05, 4.69) is 26.1 Å². The van der Waals surface area contributed by atoms with E-state index in [9.17, 15) is 9.59 Å². The summed E-state index contributed by atoms with van der Waals surface area (Å²) in [6.07, 6.45) is 1.68. The van der Waals surface area contributed by atoms with Crippen LogP contribution in [0.1, 0.15) is 18.5 Å². The smallest absolute Gasteiger partial charge is 0.319 e. The number of urea groups is 1. The molecule has 1 aliphatic rings. The van der Waals surface area contributed by atoms with E-state index in [0.717, 1.165) is 10.9 Å². The largest absolute Gasteiger partial charge is 0.491 e. The summed E-state index contributed by atoms with van der Waals surface area (Å²) >= 11 is 0. The van der Waals surface area contributed by atoms with Crippen LogP contribution in [0.3, 0.4) is 0 Å². The predicted octanol–water partition coefficient (Wildman–Crippen LogP) is 2.20. The standard InChI is InChI=1S/C21H21N5O4/c1-12-18(20(28)24-15-5-6-17-14(9-15)11-22-26-17)19(25-21(29)23-12)13-3-2-4-16(10-13)30-8-7-27/h2-6,9-11,19,27H,7-8H2,1H3,(H,22,26)(H,24,28)(H2,23,25,29). The summed E-state index contributed by atoms with van der Waals surface area (Å²) in [6.45, 7) is 1.73. The number of aliphatic hydroxyl groups excluding tert-OH is 1. The number of ether oxygens (including phenoxy) is 1.